The van der Waals surface area contributed by atoms with Crippen LogP contribution in [-0.2, 0) is 21.7 Å². The molecule has 0 saturated heterocycles. The molecule has 72 heavy (non-hydrogen) atoms. The molecule has 0 aliphatic heterocycles. The van der Waals surface area contributed by atoms with Gasteiger partial charge in [0.2, 0.25) is 0 Å². The minimum Gasteiger partial charge on any atom is -0.311 e. The largest absolute Gasteiger partial charge is 0.311 e. The summed E-state index contributed by atoms with van der Waals surface area (Å²) < 4.78 is 0. The van der Waals surface area contributed by atoms with Crippen molar-refractivity contribution in [3.63, 3.8) is 0 Å². The summed E-state index contributed by atoms with van der Waals surface area (Å²) in [6.45, 7) is 19.2. The third-order valence-corrected chi connectivity index (χ3v) is 17.9. The van der Waals surface area contributed by atoms with Crippen LogP contribution in [0.3, 0.4) is 0 Å². The Hall–Kier alpha value is -7.68. The zero-order valence-electron chi connectivity index (χ0n) is 42.8. The molecule has 0 spiro atoms. The van der Waals surface area contributed by atoms with Gasteiger partial charge in [0, 0.05) is 55.8 Å². The lowest BCUT2D eigenvalue weighted by molar-refractivity contribution is 0.659. The maximum absolute atomic E-state index is 2.51. The molecule has 2 nitrogen and oxygen atoms in total. The number of hydrogen-bond donors (Lipinski definition) is 0. The van der Waals surface area contributed by atoms with Crippen LogP contribution in [-0.4, -0.2) is 0 Å². The van der Waals surface area contributed by atoms with Crippen LogP contribution >= 0.6 is 0 Å². The maximum Gasteiger partial charge on any atom is 0.0465 e. The van der Waals surface area contributed by atoms with Crippen molar-refractivity contribution in [2.45, 2.75) is 89.9 Å². The molecule has 0 bridgehead atoms. The fourth-order valence-electron chi connectivity index (χ4n) is 14.0. The molecule has 0 amide bonds. The van der Waals surface area contributed by atoms with Crippen LogP contribution in [0.1, 0.15) is 113 Å². The molecule has 0 N–H and O–H groups in total. The Morgan fingerprint density at radius 3 is 1.15 bits per heavy atom. The van der Waals surface area contributed by atoms with E-state index in [0.29, 0.717) is 0 Å². The number of nitrogens with zero attached hydrogens (tertiary/aromatic N) is 2. The predicted molar refractivity (Wildman–Crippen MR) is 304 cm³/mol. The Morgan fingerprint density at radius 2 is 0.694 bits per heavy atom. The Bertz CT molecular complexity index is 3870. The van der Waals surface area contributed by atoms with E-state index in [1.807, 2.05) is 0 Å². The molecule has 350 valence electrons. The van der Waals surface area contributed by atoms with Crippen molar-refractivity contribution in [2.24, 2.45) is 0 Å². The molecule has 0 radical (unpaired) electrons. The second-order valence-electron chi connectivity index (χ2n) is 23.2. The predicted octanol–water partition coefficient (Wildman–Crippen LogP) is 18.9. The van der Waals surface area contributed by atoms with Gasteiger partial charge in [-0.15, -0.1) is 0 Å². The van der Waals surface area contributed by atoms with Crippen LogP contribution in [0.5, 0.6) is 0 Å². The van der Waals surface area contributed by atoms with Crippen molar-refractivity contribution < 1.29 is 0 Å². The van der Waals surface area contributed by atoms with E-state index in [2.05, 4.69) is 259 Å². The summed E-state index contributed by atoms with van der Waals surface area (Å²) >= 11 is 0. The summed E-state index contributed by atoms with van der Waals surface area (Å²) in [5.74, 6) is 0. The molecule has 0 saturated carbocycles. The van der Waals surface area contributed by atoms with Gasteiger partial charge in [0.1, 0.15) is 0 Å². The van der Waals surface area contributed by atoms with Crippen LogP contribution in [0.2, 0.25) is 0 Å². The van der Waals surface area contributed by atoms with E-state index in [4.69, 9.17) is 0 Å². The van der Waals surface area contributed by atoms with E-state index in [-0.39, 0.29) is 21.7 Å². The number of fused-ring (bicyclic) bond motifs is 15. The van der Waals surface area contributed by atoms with E-state index in [0.717, 1.165) is 18.5 Å². The number of para-hydroxylation sites is 1. The minimum atomic E-state index is -0.203. The van der Waals surface area contributed by atoms with E-state index in [1.54, 1.807) is 0 Å². The summed E-state index contributed by atoms with van der Waals surface area (Å²) in [6.07, 6.45) is 9.19. The molecule has 5 aliphatic carbocycles. The first kappa shape index (κ1) is 43.1. The fourth-order valence-corrected chi connectivity index (χ4v) is 14.0. The van der Waals surface area contributed by atoms with Crippen LogP contribution in [0.25, 0.3) is 55.3 Å². The lowest BCUT2D eigenvalue weighted by atomic mass is 9.80. The average molecular weight is 929 g/mol. The van der Waals surface area contributed by atoms with Gasteiger partial charge < -0.3 is 9.80 Å². The quantitative estimate of drug-likeness (QED) is 0.164. The number of hydrogen-bond acceptors (Lipinski definition) is 2. The lowest BCUT2D eigenvalue weighted by Gasteiger charge is -2.31. The Kier molecular flexibility index (Phi) is 8.95. The number of anilines is 5. The van der Waals surface area contributed by atoms with Crippen molar-refractivity contribution in [1.82, 2.24) is 0 Å². The molecule has 9 aromatic rings. The van der Waals surface area contributed by atoms with Gasteiger partial charge in [0.05, 0.1) is 0 Å². The lowest BCUT2D eigenvalue weighted by Crippen LogP contribution is -2.20. The Labute approximate surface area is 425 Å². The molecule has 0 atom stereocenters. The monoisotopic (exact) mass is 928 g/mol. The molecule has 0 aromatic heterocycles. The van der Waals surface area contributed by atoms with Gasteiger partial charge >= 0.3 is 0 Å². The van der Waals surface area contributed by atoms with Gasteiger partial charge in [-0.25, -0.2) is 0 Å². The summed E-state index contributed by atoms with van der Waals surface area (Å²) in [4.78, 5) is 4.97. The third kappa shape index (κ3) is 5.84. The first-order valence-electron chi connectivity index (χ1n) is 26.2. The normalized spacial score (nSPS) is 17.0. The summed E-state index contributed by atoms with van der Waals surface area (Å²) in [5.41, 5.74) is 28.5. The molecule has 0 fully saturated rings. The van der Waals surface area contributed by atoms with Crippen molar-refractivity contribution in [1.29, 1.82) is 0 Å². The van der Waals surface area contributed by atoms with Gasteiger partial charge in [0.25, 0.3) is 0 Å². The number of benzene rings is 9. The van der Waals surface area contributed by atoms with Crippen molar-refractivity contribution in [2.75, 3.05) is 9.80 Å². The van der Waals surface area contributed by atoms with E-state index in [9.17, 15) is 0 Å². The Balaban J connectivity index is 0.877. The second-order valence-corrected chi connectivity index (χ2v) is 23.2. The van der Waals surface area contributed by atoms with Crippen molar-refractivity contribution in [3.8, 4) is 44.5 Å². The highest BCUT2D eigenvalue weighted by molar-refractivity contribution is 6.11. The summed E-state index contributed by atoms with van der Waals surface area (Å²) in [5, 5.41) is 2.67. The number of rotatable bonds is 6. The molecular weight excluding hydrogens is 869 g/mol. The minimum absolute atomic E-state index is 0.0815. The molecule has 14 rings (SSSR count). The standard InChI is InChI=1S/C70H60N2/c1-67(2)57-25-17-15-23-49(57)51-31-27-45(39-61(51)67)71(43-19-11-9-12-20-43)47-29-33-55-63(41-47)69(5,6)59-37-35-54-53(65(55)59)36-38-60-66(54)56-34-30-48(42-64(56)70(60,7)8)72(44-21-13-10-14-22-44)46-28-32-52-50-24-16-18-26-58(50)68(3,4)62(52)40-46/h9,11-13,15-42H,10,14H2,1-8H3. The SMILES string of the molecule is CC1(C)c2ccccc2-c2ccc(N(C3=CCCC=C3)c3ccc4c(c3)C(C)(C)c3ccc5c6c(ccc5c3-4)C(C)(C)c3cc(N(c4ccccc4)c4ccc5c(c4)C(C)(C)c4ccccc4-5)ccc3-6)cc21. The highest BCUT2D eigenvalue weighted by Gasteiger charge is 2.42. The zero-order chi connectivity index (χ0) is 49.1. The molecular formula is C70H60N2. The first-order chi connectivity index (χ1) is 34.7. The van der Waals surface area contributed by atoms with E-state index in [1.165, 1.54) is 128 Å². The van der Waals surface area contributed by atoms with Crippen LogP contribution in [0.4, 0.5) is 28.4 Å². The maximum atomic E-state index is 2.51. The highest BCUT2D eigenvalue weighted by atomic mass is 15.2. The molecule has 0 heterocycles. The van der Waals surface area contributed by atoms with Crippen LogP contribution in [0.15, 0.2) is 200 Å². The van der Waals surface area contributed by atoms with Crippen molar-refractivity contribution >= 4 is 39.2 Å². The third-order valence-electron chi connectivity index (χ3n) is 17.9. The molecule has 2 heteroatoms. The summed E-state index contributed by atoms with van der Waals surface area (Å²) in [7, 11) is 0. The highest BCUT2D eigenvalue weighted by Crippen LogP contribution is 2.59. The smallest absolute Gasteiger partial charge is 0.0465 e. The fraction of sp³-hybridized carbons (Fsp3) is 0.200. The van der Waals surface area contributed by atoms with E-state index < -0.39 is 0 Å². The van der Waals surface area contributed by atoms with Gasteiger partial charge in [-0.2, -0.15) is 0 Å². The summed E-state index contributed by atoms with van der Waals surface area (Å²) in [6, 6.07) is 67.4. The zero-order valence-corrected chi connectivity index (χ0v) is 42.8. The van der Waals surface area contributed by atoms with Gasteiger partial charge in [-0.05, 0) is 179 Å². The van der Waals surface area contributed by atoms with Gasteiger partial charge in [0.15, 0.2) is 0 Å². The van der Waals surface area contributed by atoms with E-state index >= 15 is 0 Å². The second kappa shape index (κ2) is 14.9. The molecule has 5 aliphatic rings. The first-order valence-corrected chi connectivity index (χ1v) is 26.2. The molecule has 0 unspecified atom stereocenters. The van der Waals surface area contributed by atoms with Crippen LogP contribution in [0, 0.1) is 0 Å². The van der Waals surface area contributed by atoms with Crippen molar-refractivity contribution in [3.05, 3.63) is 244 Å². The molecule has 9 aromatic carbocycles. The van der Waals surface area contributed by atoms with Crippen LogP contribution < -0.4 is 9.80 Å². The number of allylic oxidation sites excluding steroid dienone is 3. The Morgan fingerprint density at radius 1 is 0.306 bits per heavy atom. The van der Waals surface area contributed by atoms with Gasteiger partial charge in [-0.1, -0.05) is 183 Å². The topological polar surface area (TPSA) is 6.48 Å². The average Bonchev–Trinajstić information content (AvgIpc) is 3.97. The van der Waals surface area contributed by atoms with Gasteiger partial charge in [-0.3, -0.25) is 0 Å².